The fourth-order valence-corrected chi connectivity index (χ4v) is 2.09. The topological polar surface area (TPSA) is 46.2 Å². The molecule has 96 valence electrons. The van der Waals surface area contributed by atoms with Crippen LogP contribution in [0.2, 0.25) is 0 Å². The number of hydrogen-bond donors (Lipinski definition) is 2. The number of aliphatic hydroxyl groups is 1. The fraction of sp³-hybridized carbons (Fsp3) is 0.538. The second-order valence-electron chi connectivity index (χ2n) is 4.47. The zero-order chi connectivity index (χ0) is 13.1. The molecule has 0 aliphatic carbocycles. The van der Waals surface area contributed by atoms with Gasteiger partial charge in [-0.15, -0.1) is 0 Å². The Kier molecular flexibility index (Phi) is 4.60. The van der Waals surface area contributed by atoms with E-state index in [2.05, 4.69) is 0 Å². The maximum Gasteiger partial charge on any atom is 0.164 e. The summed E-state index contributed by atoms with van der Waals surface area (Å²) in [7, 11) is 0. The van der Waals surface area contributed by atoms with Gasteiger partial charge in [0.25, 0.3) is 0 Å². The van der Waals surface area contributed by atoms with Gasteiger partial charge in [0.05, 0.1) is 5.60 Å². The van der Waals surface area contributed by atoms with Crippen molar-refractivity contribution in [3.63, 3.8) is 0 Å². The van der Waals surface area contributed by atoms with Crippen LogP contribution in [0.15, 0.2) is 18.2 Å². The normalized spacial score (nSPS) is 16.6. The Bertz CT molecular complexity index is 380. The van der Waals surface area contributed by atoms with Crippen LogP contribution >= 0.6 is 0 Å². The lowest BCUT2D eigenvalue weighted by Crippen LogP contribution is -2.37. The summed E-state index contributed by atoms with van der Waals surface area (Å²) in [6.07, 6.45) is 1.49. The minimum absolute atomic E-state index is 0.0265. The summed E-state index contributed by atoms with van der Waals surface area (Å²) in [5.41, 5.74) is 4.12. The smallest absolute Gasteiger partial charge is 0.164 e. The summed E-state index contributed by atoms with van der Waals surface area (Å²) in [6.45, 7) is 3.68. The number of benzene rings is 1. The predicted molar refractivity (Wildman–Crippen MR) is 63.4 cm³/mol. The third kappa shape index (κ3) is 2.82. The van der Waals surface area contributed by atoms with Crippen LogP contribution in [0.4, 0.5) is 8.78 Å². The van der Waals surface area contributed by atoms with E-state index in [9.17, 15) is 13.9 Å². The summed E-state index contributed by atoms with van der Waals surface area (Å²) < 4.78 is 26.8. The molecule has 0 spiro atoms. The molecule has 1 rings (SSSR count). The van der Waals surface area contributed by atoms with Crippen molar-refractivity contribution in [1.29, 1.82) is 0 Å². The summed E-state index contributed by atoms with van der Waals surface area (Å²) in [4.78, 5) is 0. The lowest BCUT2D eigenvalue weighted by molar-refractivity contribution is -0.00985. The second kappa shape index (κ2) is 5.56. The molecule has 0 amide bonds. The predicted octanol–water partition coefficient (Wildman–Crippen LogP) is 2.55. The van der Waals surface area contributed by atoms with E-state index in [1.807, 2.05) is 6.92 Å². The molecule has 4 heteroatoms. The maximum atomic E-state index is 13.7. The zero-order valence-electron chi connectivity index (χ0n) is 10.2. The van der Waals surface area contributed by atoms with Gasteiger partial charge >= 0.3 is 0 Å². The van der Waals surface area contributed by atoms with Gasteiger partial charge in [0.1, 0.15) is 0 Å². The molecule has 1 aromatic carbocycles. The van der Waals surface area contributed by atoms with E-state index < -0.39 is 17.2 Å². The third-order valence-electron chi connectivity index (χ3n) is 3.21. The first-order valence-electron chi connectivity index (χ1n) is 5.82. The van der Waals surface area contributed by atoms with E-state index in [1.165, 1.54) is 19.1 Å². The van der Waals surface area contributed by atoms with Gasteiger partial charge in [-0.3, -0.25) is 0 Å². The van der Waals surface area contributed by atoms with Crippen molar-refractivity contribution in [2.24, 2.45) is 11.7 Å². The number of halogens is 2. The molecular weight excluding hydrogens is 224 g/mol. The molecule has 2 atom stereocenters. The van der Waals surface area contributed by atoms with Crippen LogP contribution in [0.3, 0.4) is 0 Å². The maximum absolute atomic E-state index is 13.7. The Morgan fingerprint density at radius 1 is 1.41 bits per heavy atom. The highest BCUT2D eigenvalue weighted by atomic mass is 19.2. The first kappa shape index (κ1) is 14.1. The molecule has 0 heterocycles. The molecule has 2 nitrogen and oxygen atoms in total. The van der Waals surface area contributed by atoms with E-state index in [4.69, 9.17) is 5.73 Å². The van der Waals surface area contributed by atoms with Crippen molar-refractivity contribution in [2.75, 3.05) is 6.54 Å². The molecule has 0 aliphatic heterocycles. The quantitative estimate of drug-likeness (QED) is 0.834. The highest BCUT2D eigenvalue weighted by molar-refractivity contribution is 5.25. The Morgan fingerprint density at radius 2 is 2.06 bits per heavy atom. The third-order valence-corrected chi connectivity index (χ3v) is 3.21. The van der Waals surface area contributed by atoms with Crippen molar-refractivity contribution >= 4 is 0 Å². The SMILES string of the molecule is CCCC(CN)C(C)(O)c1cccc(F)c1F. The Hall–Kier alpha value is -1.00. The van der Waals surface area contributed by atoms with E-state index in [0.29, 0.717) is 6.42 Å². The van der Waals surface area contributed by atoms with Gasteiger partial charge in [0, 0.05) is 11.5 Å². The van der Waals surface area contributed by atoms with E-state index in [-0.39, 0.29) is 18.0 Å². The van der Waals surface area contributed by atoms with Crippen LogP contribution in [-0.4, -0.2) is 11.7 Å². The summed E-state index contributed by atoms with van der Waals surface area (Å²) in [5, 5.41) is 10.4. The first-order valence-corrected chi connectivity index (χ1v) is 5.82. The largest absolute Gasteiger partial charge is 0.385 e. The van der Waals surface area contributed by atoms with E-state index in [1.54, 1.807) is 0 Å². The van der Waals surface area contributed by atoms with Gasteiger partial charge in [-0.1, -0.05) is 25.5 Å². The molecule has 0 saturated carbocycles. The van der Waals surface area contributed by atoms with Gasteiger partial charge < -0.3 is 10.8 Å². The minimum Gasteiger partial charge on any atom is -0.385 e. The van der Waals surface area contributed by atoms with Crippen molar-refractivity contribution in [3.8, 4) is 0 Å². The minimum atomic E-state index is -1.45. The van der Waals surface area contributed by atoms with E-state index >= 15 is 0 Å². The highest BCUT2D eigenvalue weighted by Crippen LogP contribution is 2.33. The molecule has 2 unspecified atom stereocenters. The van der Waals surface area contributed by atoms with E-state index in [0.717, 1.165) is 12.5 Å². The van der Waals surface area contributed by atoms with Crippen LogP contribution in [0.5, 0.6) is 0 Å². The molecule has 17 heavy (non-hydrogen) atoms. The molecule has 0 fully saturated rings. The van der Waals surface area contributed by atoms with Gasteiger partial charge in [-0.25, -0.2) is 8.78 Å². The Balaban J connectivity index is 3.14. The number of rotatable bonds is 5. The van der Waals surface area contributed by atoms with Crippen molar-refractivity contribution in [2.45, 2.75) is 32.3 Å². The lowest BCUT2D eigenvalue weighted by Gasteiger charge is -2.32. The van der Waals surface area contributed by atoms with Crippen LogP contribution in [0.1, 0.15) is 32.3 Å². The molecule has 3 N–H and O–H groups in total. The first-order chi connectivity index (χ1) is 7.95. The molecule has 0 aliphatic rings. The summed E-state index contributed by atoms with van der Waals surface area (Å²) >= 11 is 0. The number of nitrogens with two attached hydrogens (primary N) is 1. The monoisotopic (exact) mass is 243 g/mol. The van der Waals surface area contributed by atoms with Crippen LogP contribution in [-0.2, 0) is 5.60 Å². The molecule has 0 bridgehead atoms. The zero-order valence-corrected chi connectivity index (χ0v) is 10.2. The van der Waals surface area contributed by atoms with Crippen molar-refractivity contribution in [3.05, 3.63) is 35.4 Å². The van der Waals surface area contributed by atoms with Crippen LogP contribution in [0, 0.1) is 17.6 Å². The molecule has 0 saturated heterocycles. The standard InChI is InChI=1S/C13H19F2NO/c1-3-5-9(8-16)13(2,17)10-6-4-7-11(14)12(10)15/h4,6-7,9,17H,3,5,8,16H2,1-2H3. The van der Waals surface area contributed by atoms with Gasteiger partial charge in [-0.2, -0.15) is 0 Å². The summed E-state index contributed by atoms with van der Waals surface area (Å²) in [5.74, 6) is -2.23. The Labute approximate surface area is 100 Å². The van der Waals surface area contributed by atoms with Crippen molar-refractivity contribution < 1.29 is 13.9 Å². The van der Waals surface area contributed by atoms with Gasteiger partial charge in [0.2, 0.25) is 0 Å². The fourth-order valence-electron chi connectivity index (χ4n) is 2.09. The average Bonchev–Trinajstić information content (AvgIpc) is 2.29. The van der Waals surface area contributed by atoms with Crippen LogP contribution < -0.4 is 5.73 Å². The van der Waals surface area contributed by atoms with Crippen molar-refractivity contribution in [1.82, 2.24) is 0 Å². The van der Waals surface area contributed by atoms with Crippen LogP contribution in [0.25, 0.3) is 0 Å². The number of hydrogen-bond acceptors (Lipinski definition) is 2. The lowest BCUT2D eigenvalue weighted by atomic mass is 9.80. The molecule has 1 aromatic rings. The summed E-state index contributed by atoms with van der Waals surface area (Å²) in [6, 6.07) is 3.82. The molecule has 0 aromatic heterocycles. The second-order valence-corrected chi connectivity index (χ2v) is 4.47. The molecular formula is C13H19F2NO. The highest BCUT2D eigenvalue weighted by Gasteiger charge is 2.35. The average molecular weight is 243 g/mol. The van der Waals surface area contributed by atoms with Gasteiger partial charge in [0.15, 0.2) is 11.6 Å². The van der Waals surface area contributed by atoms with Gasteiger partial charge in [-0.05, 0) is 26.0 Å². The Morgan fingerprint density at radius 3 is 2.59 bits per heavy atom. The molecule has 0 radical (unpaired) electrons.